The average molecular weight is 538 g/mol. The summed E-state index contributed by atoms with van der Waals surface area (Å²) in [6, 6.07) is 8.59. The standard InChI is InChI=1S/C23H18Cl2FN3O3S2/c1-10(2)33-22-19(12-4-5-16(24)17(25)8-12)27-23(34-22)29-20(21(31)32)18(11(3)28-29)13-6-14(26)9-15(30)7-13/h4-10,30H,1-3H3,(H,31,32). The van der Waals surface area contributed by atoms with Gasteiger partial charge in [-0.05, 0) is 36.8 Å². The molecule has 0 aliphatic rings. The number of rotatable bonds is 6. The zero-order valence-corrected chi connectivity index (χ0v) is 21.3. The third-order valence-electron chi connectivity index (χ3n) is 4.74. The Morgan fingerprint density at radius 2 is 1.88 bits per heavy atom. The van der Waals surface area contributed by atoms with Gasteiger partial charge in [0, 0.05) is 22.4 Å². The van der Waals surface area contributed by atoms with E-state index in [1.54, 1.807) is 36.9 Å². The first-order chi connectivity index (χ1) is 16.0. The lowest BCUT2D eigenvalue weighted by atomic mass is 10.0. The number of hydrogen-bond donors (Lipinski definition) is 2. The molecule has 0 fully saturated rings. The number of carboxylic acids is 1. The second-order valence-electron chi connectivity index (χ2n) is 7.65. The minimum Gasteiger partial charge on any atom is -0.508 e. The van der Waals surface area contributed by atoms with Gasteiger partial charge in [-0.25, -0.2) is 14.2 Å². The number of aryl methyl sites for hydroxylation is 1. The van der Waals surface area contributed by atoms with Gasteiger partial charge in [-0.15, -0.1) is 11.8 Å². The van der Waals surface area contributed by atoms with Crippen molar-refractivity contribution in [2.75, 3.05) is 0 Å². The van der Waals surface area contributed by atoms with Gasteiger partial charge in [0.25, 0.3) is 0 Å². The van der Waals surface area contributed by atoms with Crippen LogP contribution >= 0.6 is 46.3 Å². The molecule has 0 spiro atoms. The van der Waals surface area contributed by atoms with E-state index in [1.807, 2.05) is 13.8 Å². The van der Waals surface area contributed by atoms with E-state index in [-0.39, 0.29) is 27.8 Å². The molecule has 2 heterocycles. The Morgan fingerprint density at radius 1 is 1.15 bits per heavy atom. The fraction of sp³-hybridized carbons (Fsp3) is 0.174. The number of carboxylic acid groups (broad SMARTS) is 1. The van der Waals surface area contributed by atoms with E-state index in [1.165, 1.54) is 22.1 Å². The first-order valence-electron chi connectivity index (χ1n) is 10.0. The summed E-state index contributed by atoms with van der Waals surface area (Å²) in [4.78, 5) is 17.0. The number of aromatic carboxylic acids is 1. The summed E-state index contributed by atoms with van der Waals surface area (Å²) in [7, 11) is 0. The zero-order valence-electron chi connectivity index (χ0n) is 18.1. The van der Waals surface area contributed by atoms with Crippen molar-refractivity contribution in [3.8, 4) is 33.3 Å². The van der Waals surface area contributed by atoms with Gasteiger partial charge < -0.3 is 10.2 Å². The normalized spacial score (nSPS) is 11.4. The van der Waals surface area contributed by atoms with Crippen LogP contribution in [-0.4, -0.2) is 36.2 Å². The first kappa shape index (κ1) is 24.5. The Balaban J connectivity index is 1.93. The fourth-order valence-corrected chi connectivity index (χ4v) is 6.21. The van der Waals surface area contributed by atoms with Crippen LogP contribution in [0.25, 0.3) is 27.5 Å². The molecule has 4 rings (SSSR count). The van der Waals surface area contributed by atoms with E-state index >= 15 is 0 Å². The zero-order chi connectivity index (χ0) is 24.7. The van der Waals surface area contributed by atoms with E-state index in [0.29, 0.717) is 26.6 Å². The predicted octanol–water partition coefficient (Wildman–Crippen LogP) is 7.32. The lowest BCUT2D eigenvalue weighted by Crippen LogP contribution is -2.09. The molecule has 2 aromatic carbocycles. The Labute approximate surface area is 213 Å². The van der Waals surface area contributed by atoms with E-state index in [9.17, 15) is 19.4 Å². The molecule has 6 nitrogen and oxygen atoms in total. The van der Waals surface area contributed by atoms with Gasteiger partial charge in [0.05, 0.1) is 25.6 Å². The van der Waals surface area contributed by atoms with Crippen molar-refractivity contribution in [1.82, 2.24) is 14.8 Å². The summed E-state index contributed by atoms with van der Waals surface area (Å²) in [5.41, 5.74) is 1.94. The lowest BCUT2D eigenvalue weighted by molar-refractivity contribution is 0.0687. The highest BCUT2D eigenvalue weighted by atomic mass is 35.5. The quantitative estimate of drug-likeness (QED) is 0.250. The smallest absolute Gasteiger partial charge is 0.355 e. The highest BCUT2D eigenvalue weighted by Gasteiger charge is 2.27. The van der Waals surface area contributed by atoms with Crippen LogP contribution in [0, 0.1) is 12.7 Å². The molecule has 0 amide bonds. The number of thiazole rings is 1. The van der Waals surface area contributed by atoms with E-state index in [4.69, 9.17) is 28.2 Å². The van der Waals surface area contributed by atoms with Gasteiger partial charge in [-0.2, -0.15) is 9.78 Å². The molecule has 2 N–H and O–H groups in total. The molecule has 0 unspecified atom stereocenters. The van der Waals surface area contributed by atoms with Crippen molar-refractivity contribution in [1.29, 1.82) is 0 Å². The van der Waals surface area contributed by atoms with Crippen LogP contribution in [0.4, 0.5) is 4.39 Å². The molecular weight excluding hydrogens is 520 g/mol. The van der Waals surface area contributed by atoms with Crippen molar-refractivity contribution in [2.24, 2.45) is 0 Å². The fourth-order valence-electron chi connectivity index (χ4n) is 3.43. The Morgan fingerprint density at radius 3 is 2.50 bits per heavy atom. The van der Waals surface area contributed by atoms with E-state index in [2.05, 4.69) is 5.10 Å². The summed E-state index contributed by atoms with van der Waals surface area (Å²) < 4.78 is 16.1. The van der Waals surface area contributed by atoms with E-state index < -0.39 is 11.8 Å². The molecule has 176 valence electrons. The third kappa shape index (κ3) is 4.79. The molecule has 0 saturated carbocycles. The largest absolute Gasteiger partial charge is 0.508 e. The first-order valence-corrected chi connectivity index (χ1v) is 12.5. The molecule has 11 heteroatoms. The Bertz CT molecular complexity index is 1400. The van der Waals surface area contributed by atoms with Gasteiger partial charge in [0.1, 0.15) is 11.6 Å². The number of thioether (sulfide) groups is 1. The van der Waals surface area contributed by atoms with E-state index in [0.717, 1.165) is 21.9 Å². The summed E-state index contributed by atoms with van der Waals surface area (Å²) >= 11 is 15.2. The average Bonchev–Trinajstić information content (AvgIpc) is 3.30. The number of hydrogen-bond acceptors (Lipinski definition) is 6. The van der Waals surface area contributed by atoms with Gasteiger partial charge >= 0.3 is 5.97 Å². The number of benzene rings is 2. The molecule has 2 aromatic heterocycles. The SMILES string of the molecule is Cc1nn(-c2nc(-c3ccc(Cl)c(Cl)c3)c(SC(C)C)s2)c(C(=O)O)c1-c1cc(O)cc(F)c1. The summed E-state index contributed by atoms with van der Waals surface area (Å²) in [6.07, 6.45) is 0. The maximum absolute atomic E-state index is 14.0. The number of aromatic hydroxyl groups is 1. The van der Waals surface area contributed by atoms with Gasteiger partial charge in [0.2, 0.25) is 5.13 Å². The van der Waals surface area contributed by atoms with Gasteiger partial charge in [-0.1, -0.05) is 54.5 Å². The highest BCUT2D eigenvalue weighted by molar-refractivity contribution is 8.01. The molecular formula is C23H18Cl2FN3O3S2. The van der Waals surface area contributed by atoms with Crippen LogP contribution in [0.3, 0.4) is 0 Å². The van der Waals surface area contributed by atoms with Crippen LogP contribution in [-0.2, 0) is 0 Å². The monoisotopic (exact) mass is 537 g/mol. The summed E-state index contributed by atoms with van der Waals surface area (Å²) in [5.74, 6) is -2.26. The van der Waals surface area contributed by atoms with Gasteiger partial charge in [0.15, 0.2) is 5.69 Å². The van der Waals surface area contributed by atoms with Crippen LogP contribution in [0.5, 0.6) is 5.75 Å². The molecule has 0 atom stereocenters. The number of nitrogens with zero attached hydrogens (tertiary/aromatic N) is 3. The summed E-state index contributed by atoms with van der Waals surface area (Å²) in [6.45, 7) is 5.70. The van der Waals surface area contributed by atoms with Crippen molar-refractivity contribution in [3.63, 3.8) is 0 Å². The van der Waals surface area contributed by atoms with Crippen LogP contribution < -0.4 is 0 Å². The number of halogens is 3. The topological polar surface area (TPSA) is 88.2 Å². The second kappa shape index (κ2) is 9.58. The minimum atomic E-state index is -1.26. The highest BCUT2D eigenvalue weighted by Crippen LogP contribution is 2.42. The summed E-state index contributed by atoms with van der Waals surface area (Å²) in [5, 5.41) is 25.7. The van der Waals surface area contributed by atoms with Crippen molar-refractivity contribution >= 4 is 52.3 Å². The molecule has 0 aliphatic heterocycles. The lowest BCUT2D eigenvalue weighted by Gasteiger charge is -2.05. The van der Waals surface area contributed by atoms with Crippen LogP contribution in [0.1, 0.15) is 30.0 Å². The number of phenolic OH excluding ortho intramolecular Hbond substituents is 1. The van der Waals surface area contributed by atoms with Crippen LogP contribution in [0.2, 0.25) is 10.0 Å². The number of phenols is 1. The maximum atomic E-state index is 14.0. The number of carbonyl (C=O) groups is 1. The third-order valence-corrected chi connectivity index (χ3v) is 7.72. The maximum Gasteiger partial charge on any atom is 0.355 e. The second-order valence-corrected chi connectivity index (χ2v) is 11.3. The number of aromatic nitrogens is 3. The molecule has 34 heavy (non-hydrogen) atoms. The molecule has 0 radical (unpaired) electrons. The predicted molar refractivity (Wildman–Crippen MR) is 134 cm³/mol. The van der Waals surface area contributed by atoms with Gasteiger partial charge in [-0.3, -0.25) is 0 Å². The molecule has 0 aliphatic carbocycles. The Hall–Kier alpha value is -2.59. The minimum absolute atomic E-state index is 0.182. The molecule has 0 bridgehead atoms. The van der Waals surface area contributed by atoms with Crippen molar-refractivity contribution in [3.05, 3.63) is 63.6 Å². The van der Waals surface area contributed by atoms with Crippen LogP contribution in [0.15, 0.2) is 40.6 Å². The van der Waals surface area contributed by atoms with Crippen molar-refractivity contribution in [2.45, 2.75) is 30.2 Å². The molecule has 4 aromatic rings. The van der Waals surface area contributed by atoms with Crippen molar-refractivity contribution < 1.29 is 19.4 Å². The molecule has 0 saturated heterocycles. The Kier molecular flexibility index (Phi) is 6.91.